The molecule has 0 unspecified atom stereocenters. The van der Waals surface area contributed by atoms with Crippen LogP contribution < -0.4 is 19.6 Å². The van der Waals surface area contributed by atoms with E-state index in [9.17, 15) is 9.59 Å². The average molecular weight is 537 g/mol. The van der Waals surface area contributed by atoms with E-state index in [0.717, 1.165) is 10.4 Å². The van der Waals surface area contributed by atoms with Crippen molar-refractivity contribution in [1.82, 2.24) is 4.57 Å². The van der Waals surface area contributed by atoms with E-state index in [2.05, 4.69) is 0 Å². The highest BCUT2D eigenvalue weighted by atomic mass is 35.5. The van der Waals surface area contributed by atoms with Gasteiger partial charge in [0.15, 0.2) is 4.80 Å². The number of carbonyl (C=O) groups is 1. The van der Waals surface area contributed by atoms with Crippen molar-refractivity contribution in [2.45, 2.75) is 13.0 Å². The van der Waals surface area contributed by atoms with E-state index < -0.39 is 12.0 Å². The Balaban J connectivity index is 1.82. The molecule has 0 N–H and O–H groups in total. The maximum absolute atomic E-state index is 13.8. The number of rotatable bonds is 6. The second kappa shape index (κ2) is 10.3. The van der Waals surface area contributed by atoms with Crippen LogP contribution in [0, 0.1) is 0 Å². The second-order valence-corrected chi connectivity index (χ2v) is 10.3. The minimum absolute atomic E-state index is 0.209. The van der Waals surface area contributed by atoms with Gasteiger partial charge in [-0.3, -0.25) is 9.36 Å². The van der Waals surface area contributed by atoms with Gasteiger partial charge in [0.05, 0.1) is 29.5 Å². The number of thiazole rings is 1. The number of benzene rings is 2. The summed E-state index contributed by atoms with van der Waals surface area (Å²) < 4.78 is 13.0. The average Bonchev–Trinajstić information content (AvgIpc) is 3.52. The number of aromatic nitrogens is 1. The lowest BCUT2D eigenvalue weighted by molar-refractivity contribution is -0.138. The van der Waals surface area contributed by atoms with Crippen LogP contribution in [0.5, 0.6) is 5.75 Å². The standard InChI is InChI=1S/C27H21ClN2O4S2/c1-3-34-26(32)22-23(16-8-5-4-6-9-16)29-27-30(24(22)20-10-7-13-35-20)25(31)21(36-27)15-17-14-18(28)11-12-19(17)33-2/h4-15,24H,3H2,1-2H3/b21-15-/t24-/m0/s1. The summed E-state index contributed by atoms with van der Waals surface area (Å²) in [5.41, 5.74) is 2.03. The zero-order chi connectivity index (χ0) is 25.2. The zero-order valence-corrected chi connectivity index (χ0v) is 21.8. The summed E-state index contributed by atoms with van der Waals surface area (Å²) in [5.74, 6) is 0.0986. The lowest BCUT2D eigenvalue weighted by Gasteiger charge is -2.24. The van der Waals surface area contributed by atoms with E-state index in [1.807, 2.05) is 47.8 Å². The van der Waals surface area contributed by atoms with E-state index in [0.29, 0.717) is 36.9 Å². The summed E-state index contributed by atoms with van der Waals surface area (Å²) in [6, 6.07) is 17.9. The molecule has 0 aliphatic carbocycles. The molecule has 1 atom stereocenters. The molecule has 1 aliphatic heterocycles. The van der Waals surface area contributed by atoms with Gasteiger partial charge in [0.2, 0.25) is 0 Å². The normalized spacial score (nSPS) is 15.4. The molecule has 0 amide bonds. The first kappa shape index (κ1) is 24.2. The molecule has 1 aliphatic rings. The molecule has 5 rings (SSSR count). The van der Waals surface area contributed by atoms with E-state index in [1.165, 1.54) is 22.7 Å². The molecule has 0 spiro atoms. The summed E-state index contributed by atoms with van der Waals surface area (Å²) in [6.07, 6.45) is 1.75. The molecule has 2 aromatic carbocycles. The van der Waals surface area contributed by atoms with Crippen LogP contribution in [0.3, 0.4) is 0 Å². The summed E-state index contributed by atoms with van der Waals surface area (Å²) >= 11 is 8.94. The lowest BCUT2D eigenvalue weighted by Crippen LogP contribution is -2.39. The topological polar surface area (TPSA) is 69.9 Å². The van der Waals surface area contributed by atoms with Crippen molar-refractivity contribution in [2.75, 3.05) is 13.7 Å². The van der Waals surface area contributed by atoms with Crippen LogP contribution >= 0.6 is 34.3 Å². The fourth-order valence-corrected chi connectivity index (χ4v) is 6.11. The first-order valence-corrected chi connectivity index (χ1v) is 13.2. The van der Waals surface area contributed by atoms with Gasteiger partial charge in [0.1, 0.15) is 11.8 Å². The summed E-state index contributed by atoms with van der Waals surface area (Å²) in [4.78, 5) is 33.3. The number of hydrogen-bond donors (Lipinski definition) is 0. The molecule has 3 heterocycles. The van der Waals surface area contributed by atoms with Gasteiger partial charge in [-0.25, -0.2) is 9.79 Å². The van der Waals surface area contributed by atoms with Crippen LogP contribution in [-0.2, 0) is 9.53 Å². The Kier molecular flexibility index (Phi) is 6.91. The third-order valence-electron chi connectivity index (χ3n) is 5.66. The van der Waals surface area contributed by atoms with Crippen molar-refractivity contribution in [3.8, 4) is 5.75 Å². The first-order chi connectivity index (χ1) is 17.5. The Morgan fingerprint density at radius 3 is 2.67 bits per heavy atom. The zero-order valence-electron chi connectivity index (χ0n) is 19.4. The number of ether oxygens (including phenoxy) is 2. The predicted molar refractivity (Wildman–Crippen MR) is 143 cm³/mol. The van der Waals surface area contributed by atoms with E-state index in [4.69, 9.17) is 26.1 Å². The van der Waals surface area contributed by atoms with Crippen LogP contribution in [0.25, 0.3) is 11.8 Å². The number of halogens is 1. The highest BCUT2D eigenvalue weighted by molar-refractivity contribution is 7.10. The van der Waals surface area contributed by atoms with Gasteiger partial charge >= 0.3 is 5.97 Å². The number of esters is 1. The van der Waals surface area contributed by atoms with Gasteiger partial charge in [-0.15, -0.1) is 11.3 Å². The minimum atomic E-state index is -0.668. The Labute approximate surface area is 220 Å². The summed E-state index contributed by atoms with van der Waals surface area (Å²) in [7, 11) is 1.57. The Hall–Kier alpha value is -3.46. The molecule has 0 bridgehead atoms. The Morgan fingerprint density at radius 1 is 1.17 bits per heavy atom. The van der Waals surface area contributed by atoms with Crippen molar-refractivity contribution in [1.29, 1.82) is 0 Å². The van der Waals surface area contributed by atoms with Gasteiger partial charge in [-0.2, -0.15) is 0 Å². The molecule has 0 fully saturated rings. The molecule has 0 radical (unpaired) electrons. The number of hydrogen-bond acceptors (Lipinski definition) is 7. The number of nitrogens with zero attached hydrogens (tertiary/aromatic N) is 2. The molecule has 6 nitrogen and oxygen atoms in total. The van der Waals surface area contributed by atoms with Gasteiger partial charge in [0.25, 0.3) is 5.56 Å². The maximum atomic E-state index is 13.8. The number of fused-ring (bicyclic) bond motifs is 1. The highest BCUT2D eigenvalue weighted by Crippen LogP contribution is 2.36. The maximum Gasteiger partial charge on any atom is 0.338 e. The Morgan fingerprint density at radius 2 is 1.97 bits per heavy atom. The number of thiophene rings is 1. The third kappa shape index (κ3) is 4.43. The van der Waals surface area contributed by atoms with Crippen LogP contribution in [0.15, 0.2) is 81.4 Å². The molecular formula is C27H21ClN2O4S2. The molecule has 9 heteroatoms. The number of carbonyl (C=O) groups excluding carboxylic acids is 1. The van der Waals surface area contributed by atoms with Crippen molar-refractivity contribution in [3.63, 3.8) is 0 Å². The van der Waals surface area contributed by atoms with E-state index in [-0.39, 0.29) is 12.2 Å². The fraction of sp³-hybridized carbons (Fsp3) is 0.148. The molecule has 4 aromatic rings. The van der Waals surface area contributed by atoms with Crippen LogP contribution in [0.2, 0.25) is 5.02 Å². The quantitative estimate of drug-likeness (QED) is 0.336. The fourth-order valence-electron chi connectivity index (χ4n) is 4.12. The molecule has 2 aromatic heterocycles. The van der Waals surface area contributed by atoms with Crippen LogP contribution in [-0.4, -0.2) is 24.3 Å². The SMILES string of the molecule is CCOC(=O)C1=C(c2ccccc2)N=c2s/c(=C\c3cc(Cl)ccc3OC)c(=O)n2[C@H]1c1cccs1. The van der Waals surface area contributed by atoms with Gasteiger partial charge < -0.3 is 9.47 Å². The highest BCUT2D eigenvalue weighted by Gasteiger charge is 2.35. The van der Waals surface area contributed by atoms with Crippen molar-refractivity contribution in [3.05, 3.63) is 112 Å². The largest absolute Gasteiger partial charge is 0.496 e. The van der Waals surface area contributed by atoms with Gasteiger partial charge in [-0.05, 0) is 42.6 Å². The second-order valence-electron chi connectivity index (χ2n) is 7.83. The smallest absolute Gasteiger partial charge is 0.338 e. The lowest BCUT2D eigenvalue weighted by atomic mass is 9.97. The van der Waals surface area contributed by atoms with Crippen molar-refractivity contribution >= 4 is 52.0 Å². The molecule has 182 valence electrons. The number of methoxy groups -OCH3 is 1. The van der Waals surface area contributed by atoms with Crippen molar-refractivity contribution in [2.24, 2.45) is 4.99 Å². The van der Waals surface area contributed by atoms with Gasteiger partial charge in [0, 0.05) is 21.0 Å². The van der Waals surface area contributed by atoms with E-state index >= 15 is 0 Å². The molecule has 0 saturated heterocycles. The van der Waals surface area contributed by atoms with Crippen molar-refractivity contribution < 1.29 is 14.3 Å². The predicted octanol–water partition coefficient (Wildman–Crippen LogP) is 4.66. The first-order valence-electron chi connectivity index (χ1n) is 11.2. The van der Waals surface area contributed by atoms with Crippen LogP contribution in [0.1, 0.15) is 29.0 Å². The summed E-state index contributed by atoms with van der Waals surface area (Å²) in [6.45, 7) is 1.97. The van der Waals surface area contributed by atoms with Crippen LogP contribution in [0.4, 0.5) is 0 Å². The monoisotopic (exact) mass is 536 g/mol. The molecule has 36 heavy (non-hydrogen) atoms. The molecule has 0 saturated carbocycles. The van der Waals surface area contributed by atoms with E-state index in [1.54, 1.807) is 42.9 Å². The third-order valence-corrected chi connectivity index (χ3v) is 7.81. The van der Waals surface area contributed by atoms with Gasteiger partial charge in [-0.1, -0.05) is 59.3 Å². The molecular weight excluding hydrogens is 516 g/mol. The Bertz CT molecular complexity index is 1640. The summed E-state index contributed by atoms with van der Waals surface area (Å²) in [5, 5.41) is 2.45. The minimum Gasteiger partial charge on any atom is -0.496 e.